The van der Waals surface area contributed by atoms with Crippen LogP contribution in [0.2, 0.25) is 0 Å². The molecule has 0 spiro atoms. The van der Waals surface area contributed by atoms with E-state index in [2.05, 4.69) is 15.3 Å². The highest BCUT2D eigenvalue weighted by atomic mass is 19.4. The van der Waals surface area contributed by atoms with Crippen LogP contribution < -0.4 is 10.2 Å². The maximum absolute atomic E-state index is 13.6. The van der Waals surface area contributed by atoms with Gasteiger partial charge in [0, 0.05) is 25.6 Å². The van der Waals surface area contributed by atoms with Crippen LogP contribution in [0.25, 0.3) is 11.0 Å². The Hall–Kier alpha value is -3.16. The van der Waals surface area contributed by atoms with Gasteiger partial charge in [-0.3, -0.25) is 4.79 Å². The number of aromatic nitrogens is 2. The van der Waals surface area contributed by atoms with E-state index in [1.54, 1.807) is 23.1 Å². The summed E-state index contributed by atoms with van der Waals surface area (Å²) in [5.74, 6) is -0.463. The topological polar surface area (TPSA) is 58.1 Å². The van der Waals surface area contributed by atoms with Crippen LogP contribution in [0.4, 0.5) is 19.0 Å². The number of hydrogen-bond donors (Lipinski definition) is 1. The van der Waals surface area contributed by atoms with Crippen molar-refractivity contribution in [2.45, 2.75) is 32.5 Å². The molecule has 1 aromatic heterocycles. The zero-order valence-corrected chi connectivity index (χ0v) is 17.1. The highest BCUT2D eigenvalue weighted by Gasteiger charge is 2.39. The van der Waals surface area contributed by atoms with Crippen LogP contribution in [0.5, 0.6) is 0 Å². The van der Waals surface area contributed by atoms with Crippen molar-refractivity contribution in [3.63, 3.8) is 0 Å². The molecule has 1 N–H and O–H groups in total. The molecule has 1 fully saturated rings. The molecule has 0 atom stereocenters. The molecule has 5 nitrogen and oxygen atoms in total. The average Bonchev–Trinajstić information content (AvgIpc) is 2.77. The molecule has 0 saturated carbocycles. The van der Waals surface area contributed by atoms with Crippen molar-refractivity contribution >= 4 is 22.8 Å². The molecule has 2 heterocycles. The van der Waals surface area contributed by atoms with Crippen molar-refractivity contribution in [3.8, 4) is 0 Å². The molecule has 8 heteroatoms. The SMILES string of the molecule is Cc1ccc(CNC(=O)C2CCN(c3nc4ccccc4nc3C(F)(F)F)CC2)cc1. The van der Waals surface area contributed by atoms with Gasteiger partial charge in [0.2, 0.25) is 5.91 Å². The van der Waals surface area contributed by atoms with Gasteiger partial charge in [-0.05, 0) is 37.5 Å². The Labute approximate surface area is 178 Å². The van der Waals surface area contributed by atoms with E-state index >= 15 is 0 Å². The van der Waals surface area contributed by atoms with Crippen LogP contribution >= 0.6 is 0 Å². The van der Waals surface area contributed by atoms with Gasteiger partial charge in [-0.2, -0.15) is 13.2 Å². The summed E-state index contributed by atoms with van der Waals surface area (Å²) in [6, 6.07) is 14.4. The van der Waals surface area contributed by atoms with Crippen LogP contribution in [-0.4, -0.2) is 29.0 Å². The van der Waals surface area contributed by atoms with Crippen LogP contribution in [0, 0.1) is 12.8 Å². The van der Waals surface area contributed by atoms with Gasteiger partial charge in [-0.1, -0.05) is 42.0 Å². The molecule has 1 saturated heterocycles. The second-order valence-electron chi connectivity index (χ2n) is 7.85. The normalized spacial score (nSPS) is 15.3. The summed E-state index contributed by atoms with van der Waals surface area (Å²) in [5.41, 5.74) is 1.82. The van der Waals surface area contributed by atoms with Crippen molar-refractivity contribution in [1.29, 1.82) is 0 Å². The Morgan fingerprint density at radius 3 is 2.26 bits per heavy atom. The number of rotatable bonds is 4. The van der Waals surface area contributed by atoms with Crippen molar-refractivity contribution in [1.82, 2.24) is 15.3 Å². The molecule has 162 valence electrons. The number of nitrogens with one attached hydrogen (secondary N) is 1. The number of fused-ring (bicyclic) bond motifs is 1. The van der Waals surface area contributed by atoms with Crippen molar-refractivity contribution < 1.29 is 18.0 Å². The van der Waals surface area contributed by atoms with Gasteiger partial charge in [0.25, 0.3) is 0 Å². The number of anilines is 1. The first-order chi connectivity index (χ1) is 14.8. The Morgan fingerprint density at radius 1 is 1.03 bits per heavy atom. The Kier molecular flexibility index (Phi) is 5.80. The zero-order chi connectivity index (χ0) is 22.0. The maximum atomic E-state index is 13.6. The van der Waals surface area contributed by atoms with E-state index in [0.29, 0.717) is 38.0 Å². The highest BCUT2D eigenvalue weighted by molar-refractivity contribution is 5.79. The lowest BCUT2D eigenvalue weighted by Crippen LogP contribution is -2.41. The van der Waals surface area contributed by atoms with Crippen molar-refractivity contribution in [2.24, 2.45) is 5.92 Å². The molecule has 0 unspecified atom stereocenters. The molecule has 0 aliphatic carbocycles. The molecular formula is C23H23F3N4O. The summed E-state index contributed by atoms with van der Waals surface area (Å²) in [5, 5.41) is 2.94. The number of nitrogens with zero attached hydrogens (tertiary/aromatic N) is 3. The monoisotopic (exact) mass is 428 g/mol. The third kappa shape index (κ3) is 4.78. The number of aryl methyl sites for hydroxylation is 1. The van der Waals surface area contributed by atoms with E-state index in [1.807, 2.05) is 31.2 Å². The van der Waals surface area contributed by atoms with E-state index in [1.165, 1.54) is 6.07 Å². The third-order valence-electron chi connectivity index (χ3n) is 5.57. The van der Waals surface area contributed by atoms with Gasteiger partial charge >= 0.3 is 6.18 Å². The molecular weight excluding hydrogens is 405 g/mol. The summed E-state index contributed by atoms with van der Waals surface area (Å²) < 4.78 is 40.9. The lowest BCUT2D eigenvalue weighted by molar-refractivity contribution is -0.140. The molecule has 0 radical (unpaired) electrons. The predicted molar refractivity (Wildman–Crippen MR) is 113 cm³/mol. The van der Waals surface area contributed by atoms with E-state index in [0.717, 1.165) is 11.1 Å². The molecule has 4 rings (SSSR count). The number of alkyl halides is 3. The highest BCUT2D eigenvalue weighted by Crippen LogP contribution is 2.36. The Morgan fingerprint density at radius 2 is 1.65 bits per heavy atom. The number of carbonyl (C=O) groups is 1. The summed E-state index contributed by atoms with van der Waals surface area (Å²) >= 11 is 0. The van der Waals surface area contributed by atoms with Gasteiger partial charge in [-0.25, -0.2) is 9.97 Å². The third-order valence-corrected chi connectivity index (χ3v) is 5.57. The number of halogens is 3. The van der Waals surface area contributed by atoms with Crippen LogP contribution in [0.15, 0.2) is 48.5 Å². The first kappa shape index (κ1) is 21.1. The summed E-state index contributed by atoms with van der Waals surface area (Å²) in [7, 11) is 0. The second kappa shape index (κ2) is 8.53. The number of benzene rings is 2. The van der Waals surface area contributed by atoms with Crippen LogP contribution in [-0.2, 0) is 17.5 Å². The largest absolute Gasteiger partial charge is 0.437 e. The minimum absolute atomic E-state index is 0.0686. The first-order valence-electron chi connectivity index (χ1n) is 10.2. The Balaban J connectivity index is 1.44. The molecule has 1 aliphatic rings. The van der Waals surface area contributed by atoms with Gasteiger partial charge < -0.3 is 10.2 Å². The lowest BCUT2D eigenvalue weighted by Gasteiger charge is -2.33. The molecule has 1 amide bonds. The van der Waals surface area contributed by atoms with Crippen molar-refractivity contribution in [3.05, 3.63) is 65.4 Å². The fourth-order valence-corrected chi connectivity index (χ4v) is 3.79. The fourth-order valence-electron chi connectivity index (χ4n) is 3.79. The standard InChI is InChI=1S/C23H23F3N4O/c1-15-6-8-16(9-7-15)14-27-22(31)17-10-12-30(13-11-17)21-20(23(24,25)26)28-18-4-2-3-5-19(18)29-21/h2-9,17H,10-14H2,1H3,(H,27,31). The van der Waals surface area contributed by atoms with E-state index in [-0.39, 0.29) is 23.2 Å². The summed E-state index contributed by atoms with van der Waals surface area (Å²) in [4.78, 5) is 22.2. The smallest absolute Gasteiger partial charge is 0.355 e. The number of hydrogen-bond acceptors (Lipinski definition) is 4. The van der Waals surface area contributed by atoms with Crippen LogP contribution in [0.3, 0.4) is 0 Å². The Bertz CT molecular complexity index is 1070. The number of piperidine rings is 1. The van der Waals surface area contributed by atoms with Gasteiger partial charge in [-0.15, -0.1) is 0 Å². The molecule has 2 aromatic carbocycles. The van der Waals surface area contributed by atoms with Crippen molar-refractivity contribution in [2.75, 3.05) is 18.0 Å². The number of para-hydroxylation sites is 2. The fraction of sp³-hybridized carbons (Fsp3) is 0.348. The quantitative estimate of drug-likeness (QED) is 0.665. The minimum Gasteiger partial charge on any atom is -0.355 e. The van der Waals surface area contributed by atoms with E-state index in [4.69, 9.17) is 0 Å². The summed E-state index contributed by atoms with van der Waals surface area (Å²) in [6.07, 6.45) is -3.67. The lowest BCUT2D eigenvalue weighted by atomic mass is 9.95. The average molecular weight is 428 g/mol. The molecule has 3 aromatic rings. The second-order valence-corrected chi connectivity index (χ2v) is 7.85. The van der Waals surface area contributed by atoms with Gasteiger partial charge in [0.15, 0.2) is 11.5 Å². The van der Waals surface area contributed by atoms with E-state index < -0.39 is 11.9 Å². The first-order valence-corrected chi connectivity index (χ1v) is 10.2. The summed E-state index contributed by atoms with van der Waals surface area (Å²) in [6.45, 7) is 3.07. The zero-order valence-electron chi connectivity index (χ0n) is 17.1. The van der Waals surface area contributed by atoms with Crippen LogP contribution in [0.1, 0.15) is 29.7 Å². The number of amides is 1. The molecule has 31 heavy (non-hydrogen) atoms. The molecule has 0 bridgehead atoms. The van der Waals surface area contributed by atoms with Gasteiger partial charge in [0.05, 0.1) is 11.0 Å². The molecule has 1 aliphatic heterocycles. The van der Waals surface area contributed by atoms with Gasteiger partial charge in [0.1, 0.15) is 0 Å². The predicted octanol–water partition coefficient (Wildman–Crippen LogP) is 4.49. The van der Waals surface area contributed by atoms with E-state index in [9.17, 15) is 18.0 Å². The minimum atomic E-state index is -4.60. The maximum Gasteiger partial charge on any atom is 0.437 e. The number of carbonyl (C=O) groups excluding carboxylic acids is 1.